The molecule has 0 aliphatic rings. The van der Waals surface area contributed by atoms with Gasteiger partial charge in [-0.2, -0.15) is 0 Å². The molecule has 4 N–H and O–H groups in total. The number of nitrogen functional groups attached to an aromatic ring is 1. The summed E-state index contributed by atoms with van der Waals surface area (Å²) in [7, 11) is 0. The summed E-state index contributed by atoms with van der Waals surface area (Å²) in [5.41, 5.74) is 6.64. The molecule has 4 nitrogen and oxygen atoms in total. The molecule has 6 heteroatoms. The van der Waals surface area contributed by atoms with Crippen LogP contribution in [0.4, 0.5) is 5.69 Å². The molecule has 2 rings (SSSR count). The molecule has 1 heterocycles. The molecule has 1 amide bonds. The van der Waals surface area contributed by atoms with Crippen LogP contribution >= 0.6 is 27.3 Å². The second-order valence-corrected chi connectivity index (χ2v) is 6.86. The molecule has 1 aromatic heterocycles. The van der Waals surface area contributed by atoms with Crippen molar-refractivity contribution in [3.63, 3.8) is 0 Å². The highest BCUT2D eigenvalue weighted by Crippen LogP contribution is 2.38. The highest BCUT2D eigenvalue weighted by molar-refractivity contribution is 9.10. The lowest BCUT2D eigenvalue weighted by atomic mass is 10.0. The number of aliphatic hydroxyl groups is 1. The number of nitrogens with two attached hydrogens (primary N) is 1. The second kappa shape index (κ2) is 7.24. The van der Waals surface area contributed by atoms with Crippen LogP contribution in [0, 0.1) is 5.92 Å². The van der Waals surface area contributed by atoms with Crippen molar-refractivity contribution in [2.75, 3.05) is 18.9 Å². The van der Waals surface area contributed by atoms with Gasteiger partial charge >= 0.3 is 0 Å². The fourth-order valence-electron chi connectivity index (χ4n) is 2.25. The Bertz CT molecular complexity index is 642. The van der Waals surface area contributed by atoms with Gasteiger partial charge in [0.15, 0.2) is 0 Å². The topological polar surface area (TPSA) is 75.3 Å². The Hall–Kier alpha value is -1.11. The SMILES string of the molecule is CCC(CCO)CNC(=O)c1sc2cccc(Br)c2c1N. The van der Waals surface area contributed by atoms with Crippen molar-refractivity contribution in [1.82, 2.24) is 5.32 Å². The molecule has 0 aliphatic heterocycles. The van der Waals surface area contributed by atoms with Crippen LogP contribution in [0.3, 0.4) is 0 Å². The molecule has 0 fully saturated rings. The number of thiophene rings is 1. The summed E-state index contributed by atoms with van der Waals surface area (Å²) in [4.78, 5) is 12.9. The number of carbonyl (C=O) groups is 1. The maximum atomic E-state index is 12.3. The summed E-state index contributed by atoms with van der Waals surface area (Å²) < 4.78 is 1.90. The van der Waals surface area contributed by atoms with Gasteiger partial charge < -0.3 is 16.2 Å². The fraction of sp³-hybridized carbons (Fsp3) is 0.400. The van der Waals surface area contributed by atoms with Crippen molar-refractivity contribution in [1.29, 1.82) is 0 Å². The summed E-state index contributed by atoms with van der Waals surface area (Å²) >= 11 is 4.87. The van der Waals surface area contributed by atoms with Crippen LogP contribution in [0.1, 0.15) is 29.4 Å². The molecular weight excluding hydrogens is 352 g/mol. The zero-order valence-electron chi connectivity index (χ0n) is 11.9. The normalized spacial score (nSPS) is 12.5. The maximum absolute atomic E-state index is 12.3. The van der Waals surface area contributed by atoms with Gasteiger partial charge in [-0.1, -0.05) is 35.3 Å². The number of anilines is 1. The van der Waals surface area contributed by atoms with Crippen LogP contribution in [-0.2, 0) is 0 Å². The summed E-state index contributed by atoms with van der Waals surface area (Å²) in [6.07, 6.45) is 1.62. The van der Waals surface area contributed by atoms with Gasteiger partial charge in [0.05, 0.1) is 5.69 Å². The van der Waals surface area contributed by atoms with Crippen LogP contribution < -0.4 is 11.1 Å². The minimum absolute atomic E-state index is 0.142. The van der Waals surface area contributed by atoms with E-state index in [2.05, 4.69) is 28.2 Å². The number of carbonyl (C=O) groups excluding carboxylic acids is 1. The highest BCUT2D eigenvalue weighted by Gasteiger charge is 2.18. The molecule has 114 valence electrons. The highest BCUT2D eigenvalue weighted by atomic mass is 79.9. The van der Waals surface area contributed by atoms with E-state index in [-0.39, 0.29) is 12.5 Å². The molecule has 0 spiro atoms. The van der Waals surface area contributed by atoms with Gasteiger partial charge in [-0.25, -0.2) is 0 Å². The average molecular weight is 371 g/mol. The minimum atomic E-state index is -0.142. The molecule has 1 atom stereocenters. The standard InChI is InChI=1S/C15H19BrN2O2S/c1-2-9(6-7-19)8-18-15(20)14-13(17)12-10(16)4-3-5-11(12)21-14/h3-5,9,19H,2,6-8,17H2,1H3,(H,18,20). The van der Waals surface area contributed by atoms with E-state index in [9.17, 15) is 4.79 Å². The third-order valence-corrected chi connectivity index (χ3v) is 5.40. The van der Waals surface area contributed by atoms with Crippen molar-refractivity contribution in [2.24, 2.45) is 5.92 Å². The number of amides is 1. The van der Waals surface area contributed by atoms with E-state index in [0.29, 0.717) is 29.4 Å². The van der Waals surface area contributed by atoms with Crippen molar-refractivity contribution in [2.45, 2.75) is 19.8 Å². The molecule has 1 aromatic carbocycles. The maximum Gasteiger partial charge on any atom is 0.263 e. The van der Waals surface area contributed by atoms with E-state index < -0.39 is 0 Å². The predicted molar refractivity (Wildman–Crippen MR) is 91.8 cm³/mol. The number of aliphatic hydroxyl groups excluding tert-OH is 1. The van der Waals surface area contributed by atoms with Crippen molar-refractivity contribution < 1.29 is 9.90 Å². The molecule has 0 saturated carbocycles. The Labute approximate surface area is 136 Å². The van der Waals surface area contributed by atoms with E-state index in [1.807, 2.05) is 18.2 Å². The Kier molecular flexibility index (Phi) is 5.61. The lowest BCUT2D eigenvalue weighted by Crippen LogP contribution is -2.29. The monoisotopic (exact) mass is 370 g/mol. The summed E-state index contributed by atoms with van der Waals surface area (Å²) in [5.74, 6) is 0.151. The lowest BCUT2D eigenvalue weighted by molar-refractivity contribution is 0.0948. The van der Waals surface area contributed by atoms with Crippen LogP contribution in [0.25, 0.3) is 10.1 Å². The number of rotatable bonds is 6. The van der Waals surface area contributed by atoms with Crippen LogP contribution in [0.5, 0.6) is 0 Å². The molecule has 2 aromatic rings. The quantitative estimate of drug-likeness (QED) is 0.729. The fourth-order valence-corrected chi connectivity index (χ4v) is 4.02. The molecule has 0 aliphatic carbocycles. The Balaban J connectivity index is 2.16. The van der Waals surface area contributed by atoms with Crippen molar-refractivity contribution >= 4 is 48.9 Å². The number of fused-ring (bicyclic) bond motifs is 1. The molecule has 0 saturated heterocycles. The number of benzene rings is 1. The van der Waals surface area contributed by atoms with Gasteiger partial charge in [0.2, 0.25) is 0 Å². The van der Waals surface area contributed by atoms with E-state index in [1.165, 1.54) is 11.3 Å². The van der Waals surface area contributed by atoms with E-state index in [4.69, 9.17) is 10.8 Å². The van der Waals surface area contributed by atoms with E-state index in [0.717, 1.165) is 21.0 Å². The first-order chi connectivity index (χ1) is 10.1. The van der Waals surface area contributed by atoms with Gasteiger partial charge in [0.1, 0.15) is 4.88 Å². The van der Waals surface area contributed by atoms with Gasteiger partial charge in [-0.15, -0.1) is 11.3 Å². The molecular formula is C15H19BrN2O2S. The largest absolute Gasteiger partial charge is 0.397 e. The zero-order valence-corrected chi connectivity index (χ0v) is 14.3. The van der Waals surface area contributed by atoms with E-state index >= 15 is 0 Å². The molecule has 0 bridgehead atoms. The summed E-state index contributed by atoms with van der Waals surface area (Å²) in [6.45, 7) is 2.76. The number of hydrogen-bond donors (Lipinski definition) is 3. The third kappa shape index (κ3) is 3.56. The van der Waals surface area contributed by atoms with Crippen molar-refractivity contribution in [3.8, 4) is 0 Å². The zero-order chi connectivity index (χ0) is 15.4. The third-order valence-electron chi connectivity index (χ3n) is 3.57. The lowest BCUT2D eigenvalue weighted by Gasteiger charge is -2.13. The summed E-state index contributed by atoms with van der Waals surface area (Å²) in [5, 5.41) is 12.8. The smallest absolute Gasteiger partial charge is 0.263 e. The molecule has 0 radical (unpaired) electrons. The Morgan fingerprint density at radius 1 is 1.52 bits per heavy atom. The van der Waals surface area contributed by atoms with Gasteiger partial charge in [0, 0.05) is 27.7 Å². The van der Waals surface area contributed by atoms with E-state index in [1.54, 1.807) is 0 Å². The first-order valence-electron chi connectivity index (χ1n) is 6.94. The molecule has 21 heavy (non-hydrogen) atoms. The Morgan fingerprint density at radius 2 is 2.29 bits per heavy atom. The summed E-state index contributed by atoms with van der Waals surface area (Å²) in [6, 6.07) is 5.80. The first kappa shape index (κ1) is 16.3. The minimum Gasteiger partial charge on any atom is -0.397 e. The second-order valence-electron chi connectivity index (χ2n) is 4.95. The Morgan fingerprint density at radius 3 is 2.90 bits per heavy atom. The average Bonchev–Trinajstić information content (AvgIpc) is 2.81. The van der Waals surface area contributed by atoms with Gasteiger partial charge in [-0.05, 0) is 24.5 Å². The number of halogens is 1. The number of nitrogens with one attached hydrogen (secondary N) is 1. The van der Waals surface area contributed by atoms with Gasteiger partial charge in [0.25, 0.3) is 5.91 Å². The van der Waals surface area contributed by atoms with Crippen LogP contribution in [-0.4, -0.2) is 24.2 Å². The van der Waals surface area contributed by atoms with Crippen LogP contribution in [0.15, 0.2) is 22.7 Å². The first-order valence-corrected chi connectivity index (χ1v) is 8.55. The number of hydrogen-bond acceptors (Lipinski definition) is 4. The van der Waals surface area contributed by atoms with Crippen LogP contribution in [0.2, 0.25) is 0 Å². The van der Waals surface area contributed by atoms with Crippen molar-refractivity contribution in [3.05, 3.63) is 27.5 Å². The molecule has 1 unspecified atom stereocenters. The predicted octanol–water partition coefficient (Wildman–Crippen LogP) is 3.38. The van der Waals surface area contributed by atoms with Gasteiger partial charge in [-0.3, -0.25) is 4.79 Å².